The van der Waals surface area contributed by atoms with Crippen molar-refractivity contribution >= 4 is 32.7 Å². The monoisotopic (exact) mass is 347 g/mol. The van der Waals surface area contributed by atoms with Crippen molar-refractivity contribution in [2.45, 2.75) is 0 Å². The molecule has 0 radical (unpaired) electrons. The van der Waals surface area contributed by atoms with Gasteiger partial charge < -0.3 is 4.98 Å². The van der Waals surface area contributed by atoms with Gasteiger partial charge in [-0.2, -0.15) is 0 Å². The summed E-state index contributed by atoms with van der Waals surface area (Å²) in [6.45, 7) is 0. The molecule has 1 heterocycles. The van der Waals surface area contributed by atoms with Gasteiger partial charge in [0.1, 0.15) is 5.82 Å². The van der Waals surface area contributed by atoms with Gasteiger partial charge in [0, 0.05) is 15.4 Å². The van der Waals surface area contributed by atoms with E-state index in [1.165, 1.54) is 12.1 Å². The lowest BCUT2D eigenvalue weighted by molar-refractivity contribution is 0.0956. The third-order valence-corrected chi connectivity index (χ3v) is 3.78. The predicted octanol–water partition coefficient (Wildman–Crippen LogP) is 3.34. The van der Waals surface area contributed by atoms with Gasteiger partial charge in [0.25, 0.3) is 5.91 Å². The van der Waals surface area contributed by atoms with Crippen LogP contribution in [0.3, 0.4) is 0 Å². The maximum absolute atomic E-state index is 13.5. The summed E-state index contributed by atoms with van der Waals surface area (Å²) >= 11 is 3.36. The van der Waals surface area contributed by atoms with Crippen molar-refractivity contribution in [1.82, 2.24) is 10.4 Å². The van der Waals surface area contributed by atoms with E-state index >= 15 is 0 Å². The fourth-order valence-corrected chi connectivity index (χ4v) is 2.57. The molecule has 3 aromatic rings. The molecule has 3 rings (SSSR count). The van der Waals surface area contributed by atoms with E-state index in [1.54, 1.807) is 6.07 Å². The fourth-order valence-electron chi connectivity index (χ4n) is 2.31. The van der Waals surface area contributed by atoms with Gasteiger partial charge in [-0.3, -0.25) is 10.2 Å². The Hall–Kier alpha value is -2.18. The number of benzene rings is 2. The number of hydrogen-bond acceptors (Lipinski definition) is 2. The number of hydrazine groups is 1. The number of nitrogens with one attached hydrogen (secondary N) is 2. The van der Waals surface area contributed by atoms with E-state index in [-0.39, 0.29) is 0 Å². The van der Waals surface area contributed by atoms with Crippen LogP contribution in [0.15, 0.2) is 46.9 Å². The highest BCUT2D eigenvalue weighted by molar-refractivity contribution is 9.10. The molecule has 0 saturated heterocycles. The second-order valence-electron chi connectivity index (χ2n) is 4.55. The standard InChI is InChI=1S/C15H11BrFN3O/c16-9-3-1-8(2-4-9)14-13(15(21)20-18)11-7-10(17)5-6-12(11)19-14/h1-7,19H,18H2,(H,20,21). The Kier molecular flexibility index (Phi) is 3.48. The largest absolute Gasteiger partial charge is 0.354 e. The number of carbonyl (C=O) groups is 1. The topological polar surface area (TPSA) is 70.9 Å². The summed E-state index contributed by atoms with van der Waals surface area (Å²) in [6, 6.07) is 11.7. The molecule has 0 saturated carbocycles. The zero-order chi connectivity index (χ0) is 15.0. The Morgan fingerprint density at radius 1 is 1.19 bits per heavy atom. The predicted molar refractivity (Wildman–Crippen MR) is 83.0 cm³/mol. The second kappa shape index (κ2) is 5.31. The lowest BCUT2D eigenvalue weighted by Gasteiger charge is -2.04. The van der Waals surface area contributed by atoms with E-state index in [4.69, 9.17) is 5.84 Å². The molecular formula is C15H11BrFN3O. The number of amides is 1. The summed E-state index contributed by atoms with van der Waals surface area (Å²) in [5.74, 6) is 4.37. The average molecular weight is 348 g/mol. The first kappa shape index (κ1) is 13.8. The lowest BCUT2D eigenvalue weighted by Crippen LogP contribution is -2.30. The highest BCUT2D eigenvalue weighted by atomic mass is 79.9. The number of hydrogen-bond donors (Lipinski definition) is 3. The number of fused-ring (bicyclic) bond motifs is 1. The SMILES string of the molecule is NNC(=O)c1c(-c2ccc(Br)cc2)[nH]c2ccc(F)cc12. The molecule has 1 amide bonds. The number of halogens is 2. The summed E-state index contributed by atoms with van der Waals surface area (Å²) < 4.78 is 14.4. The first-order valence-electron chi connectivity index (χ1n) is 6.18. The molecule has 4 nitrogen and oxygen atoms in total. The van der Waals surface area contributed by atoms with E-state index in [0.717, 1.165) is 10.0 Å². The first-order valence-corrected chi connectivity index (χ1v) is 6.97. The van der Waals surface area contributed by atoms with E-state index < -0.39 is 11.7 Å². The highest BCUT2D eigenvalue weighted by Crippen LogP contribution is 2.31. The van der Waals surface area contributed by atoms with E-state index in [2.05, 4.69) is 26.3 Å². The number of nitrogens with two attached hydrogens (primary N) is 1. The van der Waals surface area contributed by atoms with Crippen molar-refractivity contribution < 1.29 is 9.18 Å². The number of aromatic nitrogens is 1. The molecule has 0 aliphatic heterocycles. The quantitative estimate of drug-likeness (QED) is 0.378. The zero-order valence-corrected chi connectivity index (χ0v) is 12.4. The Morgan fingerprint density at radius 3 is 2.57 bits per heavy atom. The highest BCUT2D eigenvalue weighted by Gasteiger charge is 2.19. The third-order valence-electron chi connectivity index (χ3n) is 3.25. The van der Waals surface area contributed by atoms with Gasteiger partial charge >= 0.3 is 0 Å². The maximum Gasteiger partial charge on any atom is 0.267 e. The van der Waals surface area contributed by atoms with Gasteiger partial charge in [0.2, 0.25) is 0 Å². The maximum atomic E-state index is 13.5. The molecule has 2 aromatic carbocycles. The van der Waals surface area contributed by atoms with Crippen molar-refractivity contribution in [2.75, 3.05) is 0 Å². The molecule has 0 aliphatic carbocycles. The van der Waals surface area contributed by atoms with Crippen molar-refractivity contribution in [2.24, 2.45) is 5.84 Å². The Balaban J connectivity index is 2.30. The smallest absolute Gasteiger partial charge is 0.267 e. The molecule has 0 bridgehead atoms. The molecule has 106 valence electrons. The molecule has 0 fully saturated rings. The summed E-state index contributed by atoms with van der Waals surface area (Å²) in [4.78, 5) is 15.2. The van der Waals surface area contributed by atoms with Gasteiger partial charge in [-0.05, 0) is 35.9 Å². The fraction of sp³-hybridized carbons (Fsp3) is 0. The average Bonchev–Trinajstić information content (AvgIpc) is 2.85. The molecule has 21 heavy (non-hydrogen) atoms. The lowest BCUT2D eigenvalue weighted by atomic mass is 10.0. The number of aromatic amines is 1. The van der Waals surface area contributed by atoms with Crippen LogP contribution < -0.4 is 11.3 Å². The van der Waals surface area contributed by atoms with Crippen LogP contribution in [-0.2, 0) is 0 Å². The minimum absolute atomic E-state index is 0.328. The van der Waals surface area contributed by atoms with Gasteiger partial charge in [-0.25, -0.2) is 10.2 Å². The zero-order valence-electron chi connectivity index (χ0n) is 10.8. The Labute approximate surface area is 128 Å². The normalized spacial score (nSPS) is 10.8. The molecule has 0 spiro atoms. The van der Waals surface area contributed by atoms with Crippen LogP contribution in [0.25, 0.3) is 22.2 Å². The molecule has 0 unspecified atom stereocenters. The van der Waals surface area contributed by atoms with E-state index in [0.29, 0.717) is 22.2 Å². The van der Waals surface area contributed by atoms with Crippen LogP contribution >= 0.6 is 15.9 Å². The third kappa shape index (κ3) is 2.43. The second-order valence-corrected chi connectivity index (χ2v) is 5.46. The minimum Gasteiger partial charge on any atom is -0.354 e. The molecule has 6 heteroatoms. The van der Waals surface area contributed by atoms with Gasteiger partial charge in [0.05, 0.1) is 11.3 Å². The first-order chi connectivity index (χ1) is 10.1. The van der Waals surface area contributed by atoms with Gasteiger partial charge in [0.15, 0.2) is 0 Å². The van der Waals surface area contributed by atoms with Crippen molar-refractivity contribution in [3.8, 4) is 11.3 Å². The van der Waals surface area contributed by atoms with Crippen LogP contribution in [-0.4, -0.2) is 10.9 Å². The minimum atomic E-state index is -0.468. The van der Waals surface area contributed by atoms with Gasteiger partial charge in [-0.15, -0.1) is 0 Å². The summed E-state index contributed by atoms with van der Waals surface area (Å²) in [6.07, 6.45) is 0. The summed E-state index contributed by atoms with van der Waals surface area (Å²) in [5, 5.41) is 0.496. The summed E-state index contributed by atoms with van der Waals surface area (Å²) in [5.41, 5.74) is 4.53. The van der Waals surface area contributed by atoms with Crippen molar-refractivity contribution in [3.05, 3.63) is 58.3 Å². The molecule has 0 atom stereocenters. The molecule has 1 aromatic heterocycles. The van der Waals surface area contributed by atoms with Crippen LogP contribution in [0.4, 0.5) is 4.39 Å². The van der Waals surface area contributed by atoms with E-state index in [1.807, 2.05) is 24.3 Å². The van der Waals surface area contributed by atoms with Crippen molar-refractivity contribution in [3.63, 3.8) is 0 Å². The Morgan fingerprint density at radius 2 is 1.90 bits per heavy atom. The summed E-state index contributed by atoms with van der Waals surface area (Å²) in [7, 11) is 0. The van der Waals surface area contributed by atoms with Crippen LogP contribution in [0.2, 0.25) is 0 Å². The van der Waals surface area contributed by atoms with Gasteiger partial charge in [-0.1, -0.05) is 28.1 Å². The number of carbonyl (C=O) groups excluding carboxylic acids is 1. The van der Waals surface area contributed by atoms with Crippen molar-refractivity contribution in [1.29, 1.82) is 0 Å². The van der Waals surface area contributed by atoms with Crippen LogP contribution in [0.5, 0.6) is 0 Å². The molecule has 0 aliphatic rings. The number of rotatable bonds is 2. The number of H-pyrrole nitrogens is 1. The molecule has 4 N–H and O–H groups in total. The van der Waals surface area contributed by atoms with E-state index in [9.17, 15) is 9.18 Å². The van der Waals surface area contributed by atoms with Crippen LogP contribution in [0.1, 0.15) is 10.4 Å². The number of nitrogen functional groups attached to an aromatic ring is 1. The molecular weight excluding hydrogens is 337 g/mol. The Bertz CT molecular complexity index is 827. The van der Waals surface area contributed by atoms with Crippen LogP contribution in [0, 0.1) is 5.82 Å².